The zero-order valence-electron chi connectivity index (χ0n) is 15.0. The standard InChI is InChI=1S/C18H21FN4O3S/c1-23-16-12(15(22-23)13-4-5-14(24)21-18(13)25)3-2-11(17(16)26-27-19)10-6-8-20-9-7-10/h2-3,10,13,20H,4-9H2,1H3,(H,21,24,25). The van der Waals surface area contributed by atoms with E-state index in [0.717, 1.165) is 36.9 Å². The van der Waals surface area contributed by atoms with E-state index < -0.39 is 5.92 Å². The quantitative estimate of drug-likeness (QED) is 0.614. The van der Waals surface area contributed by atoms with Crippen molar-refractivity contribution in [3.05, 3.63) is 23.4 Å². The maximum atomic E-state index is 13.1. The van der Waals surface area contributed by atoms with Crippen LogP contribution in [0.2, 0.25) is 0 Å². The minimum atomic E-state index is -0.498. The Morgan fingerprint density at radius 3 is 2.74 bits per heavy atom. The molecule has 27 heavy (non-hydrogen) atoms. The molecule has 1 unspecified atom stereocenters. The van der Waals surface area contributed by atoms with Gasteiger partial charge in [0, 0.05) is 24.4 Å². The number of nitrogens with one attached hydrogen (secondary N) is 2. The minimum Gasteiger partial charge on any atom is -0.394 e. The minimum absolute atomic E-state index is 0.179. The van der Waals surface area contributed by atoms with Crippen LogP contribution >= 0.6 is 12.4 Å². The first kappa shape index (κ1) is 18.2. The molecule has 0 spiro atoms. The summed E-state index contributed by atoms with van der Waals surface area (Å²) < 4.78 is 20.1. The summed E-state index contributed by atoms with van der Waals surface area (Å²) in [5.41, 5.74) is 2.24. The van der Waals surface area contributed by atoms with Crippen molar-refractivity contribution in [3.8, 4) is 5.75 Å². The van der Waals surface area contributed by atoms with E-state index >= 15 is 0 Å². The van der Waals surface area contributed by atoms with E-state index in [2.05, 4.69) is 15.7 Å². The van der Waals surface area contributed by atoms with Crippen LogP contribution in [0.5, 0.6) is 5.75 Å². The summed E-state index contributed by atoms with van der Waals surface area (Å²) in [6.45, 7) is 1.83. The Morgan fingerprint density at radius 2 is 2.04 bits per heavy atom. The first-order valence-corrected chi connectivity index (χ1v) is 9.73. The van der Waals surface area contributed by atoms with Gasteiger partial charge in [0.05, 0.1) is 11.6 Å². The van der Waals surface area contributed by atoms with Crippen LogP contribution in [0, 0.1) is 0 Å². The summed E-state index contributed by atoms with van der Waals surface area (Å²) in [5.74, 6) is -0.340. The zero-order valence-corrected chi connectivity index (χ0v) is 15.8. The van der Waals surface area contributed by atoms with E-state index in [4.69, 9.17) is 4.18 Å². The molecule has 3 heterocycles. The van der Waals surface area contributed by atoms with Crippen molar-refractivity contribution in [1.82, 2.24) is 20.4 Å². The molecular formula is C18H21FN4O3S. The van der Waals surface area contributed by atoms with Gasteiger partial charge in [-0.25, -0.2) is 0 Å². The molecule has 1 aromatic carbocycles. The molecule has 2 N–H and O–H groups in total. The van der Waals surface area contributed by atoms with Crippen LogP contribution in [0.25, 0.3) is 10.9 Å². The second-order valence-electron chi connectivity index (χ2n) is 7.06. The van der Waals surface area contributed by atoms with Gasteiger partial charge in [-0.05, 0) is 38.3 Å². The van der Waals surface area contributed by atoms with E-state index in [9.17, 15) is 13.5 Å². The summed E-state index contributed by atoms with van der Waals surface area (Å²) in [4.78, 5) is 23.8. The number of aryl methyl sites for hydroxylation is 1. The van der Waals surface area contributed by atoms with Crippen molar-refractivity contribution in [2.24, 2.45) is 7.05 Å². The van der Waals surface area contributed by atoms with Crippen LogP contribution in [0.3, 0.4) is 0 Å². The molecule has 1 atom stereocenters. The van der Waals surface area contributed by atoms with Gasteiger partial charge < -0.3 is 9.50 Å². The Hall–Kier alpha value is -2.13. The topological polar surface area (TPSA) is 85.2 Å². The fourth-order valence-electron chi connectivity index (χ4n) is 4.17. The fourth-order valence-corrected chi connectivity index (χ4v) is 4.40. The van der Waals surface area contributed by atoms with Crippen LogP contribution in [0.1, 0.15) is 48.8 Å². The normalized spacial score (nSPS) is 21.5. The lowest BCUT2D eigenvalue weighted by Crippen LogP contribution is -2.39. The van der Waals surface area contributed by atoms with Crippen LogP contribution in [0.15, 0.2) is 12.1 Å². The largest absolute Gasteiger partial charge is 0.394 e. The smallest absolute Gasteiger partial charge is 0.272 e. The molecule has 4 rings (SSSR count). The lowest BCUT2D eigenvalue weighted by Gasteiger charge is -2.24. The SMILES string of the molecule is Cn1nc(C2CCC(=O)NC2=O)c2ccc(C3CCNCC3)c(OSF)c21. The average molecular weight is 392 g/mol. The van der Waals surface area contributed by atoms with Gasteiger partial charge in [-0.3, -0.25) is 19.6 Å². The molecule has 2 amide bonds. The first-order chi connectivity index (χ1) is 13.1. The number of hydrogen-bond donors (Lipinski definition) is 2. The lowest BCUT2D eigenvalue weighted by atomic mass is 9.87. The van der Waals surface area contributed by atoms with Gasteiger partial charge in [0.2, 0.25) is 11.8 Å². The Balaban J connectivity index is 1.81. The predicted molar refractivity (Wildman–Crippen MR) is 100 cm³/mol. The number of imide groups is 1. The summed E-state index contributed by atoms with van der Waals surface area (Å²) in [6.07, 6.45) is 2.61. The van der Waals surface area contributed by atoms with Gasteiger partial charge in [-0.2, -0.15) is 5.10 Å². The Bertz CT molecular complexity index is 894. The molecule has 0 radical (unpaired) electrons. The summed E-state index contributed by atoms with van der Waals surface area (Å²) in [7, 11) is 1.76. The molecule has 2 saturated heterocycles. The number of carbonyl (C=O) groups excluding carboxylic acids is 2. The van der Waals surface area contributed by atoms with Crippen LogP contribution in [-0.4, -0.2) is 34.7 Å². The molecule has 0 aliphatic carbocycles. The van der Waals surface area contributed by atoms with E-state index in [-0.39, 0.29) is 36.6 Å². The van der Waals surface area contributed by atoms with Crippen LogP contribution < -0.4 is 14.8 Å². The Kier molecular flexibility index (Phi) is 5.05. The van der Waals surface area contributed by atoms with Crippen molar-refractivity contribution in [2.45, 2.75) is 37.5 Å². The van der Waals surface area contributed by atoms with Crippen molar-refractivity contribution in [1.29, 1.82) is 0 Å². The van der Waals surface area contributed by atoms with Crippen molar-refractivity contribution in [2.75, 3.05) is 13.1 Å². The van der Waals surface area contributed by atoms with Crippen molar-refractivity contribution >= 4 is 35.1 Å². The highest BCUT2D eigenvalue weighted by Crippen LogP contribution is 2.42. The van der Waals surface area contributed by atoms with Gasteiger partial charge in [0.1, 0.15) is 5.52 Å². The molecule has 2 aliphatic heterocycles. The first-order valence-electron chi connectivity index (χ1n) is 9.09. The summed E-state index contributed by atoms with van der Waals surface area (Å²) >= 11 is -0.179. The maximum Gasteiger partial charge on any atom is 0.272 e. The third-order valence-corrected chi connectivity index (χ3v) is 5.71. The van der Waals surface area contributed by atoms with Crippen molar-refractivity contribution < 1.29 is 17.7 Å². The second kappa shape index (κ2) is 7.47. The maximum absolute atomic E-state index is 13.1. The van der Waals surface area contributed by atoms with E-state index in [1.807, 2.05) is 12.1 Å². The number of nitrogens with zero attached hydrogens (tertiary/aromatic N) is 2. The average Bonchev–Trinajstić information content (AvgIpc) is 3.00. The van der Waals surface area contributed by atoms with Crippen LogP contribution in [-0.2, 0) is 16.6 Å². The third kappa shape index (κ3) is 3.29. The Labute approximate surface area is 160 Å². The van der Waals surface area contributed by atoms with Crippen molar-refractivity contribution in [3.63, 3.8) is 0 Å². The van der Waals surface area contributed by atoms with Gasteiger partial charge >= 0.3 is 0 Å². The number of amides is 2. The summed E-state index contributed by atoms with van der Waals surface area (Å²) in [5, 5.41) is 11.0. The van der Waals surface area contributed by atoms with Crippen LogP contribution in [0.4, 0.5) is 3.89 Å². The van der Waals surface area contributed by atoms with E-state index in [1.165, 1.54) is 0 Å². The number of fused-ring (bicyclic) bond motifs is 1. The molecule has 7 nitrogen and oxygen atoms in total. The number of halogens is 1. The lowest BCUT2D eigenvalue weighted by molar-refractivity contribution is -0.134. The highest BCUT2D eigenvalue weighted by atomic mass is 32.2. The van der Waals surface area contributed by atoms with E-state index in [0.29, 0.717) is 23.4 Å². The number of aromatic nitrogens is 2. The van der Waals surface area contributed by atoms with Gasteiger partial charge in [0.15, 0.2) is 5.75 Å². The molecule has 0 saturated carbocycles. The highest BCUT2D eigenvalue weighted by Gasteiger charge is 2.33. The molecule has 2 aliphatic rings. The van der Waals surface area contributed by atoms with Gasteiger partial charge in [0.25, 0.3) is 12.4 Å². The third-order valence-electron chi connectivity index (χ3n) is 5.48. The number of hydrogen-bond acceptors (Lipinski definition) is 6. The molecule has 0 bridgehead atoms. The number of piperidine rings is 2. The fraction of sp³-hybridized carbons (Fsp3) is 0.500. The number of benzene rings is 1. The molecular weight excluding hydrogens is 371 g/mol. The highest BCUT2D eigenvalue weighted by molar-refractivity contribution is 7.89. The molecule has 2 aromatic rings. The number of rotatable bonds is 4. The van der Waals surface area contributed by atoms with E-state index in [1.54, 1.807) is 11.7 Å². The molecule has 1 aromatic heterocycles. The van der Waals surface area contributed by atoms with Gasteiger partial charge in [-0.1, -0.05) is 12.1 Å². The zero-order chi connectivity index (χ0) is 19.0. The predicted octanol–water partition coefficient (Wildman–Crippen LogP) is 2.47. The summed E-state index contributed by atoms with van der Waals surface area (Å²) in [6, 6.07) is 3.90. The molecule has 2 fully saturated rings. The molecule has 144 valence electrons. The Morgan fingerprint density at radius 1 is 1.26 bits per heavy atom. The second-order valence-corrected chi connectivity index (χ2v) is 7.36. The molecule has 9 heteroatoms. The number of carbonyl (C=O) groups is 2. The van der Waals surface area contributed by atoms with Gasteiger partial charge in [-0.15, -0.1) is 3.89 Å². The monoisotopic (exact) mass is 392 g/mol.